The van der Waals surface area contributed by atoms with Gasteiger partial charge in [0, 0.05) is 34.6 Å². The van der Waals surface area contributed by atoms with Crippen molar-refractivity contribution >= 4 is 40.8 Å². The molecule has 7 nitrogen and oxygen atoms in total. The number of nitrogens with one attached hydrogen (secondary N) is 3. The van der Waals surface area contributed by atoms with Gasteiger partial charge in [0.2, 0.25) is 0 Å². The lowest BCUT2D eigenvalue weighted by atomic mass is 10.0. The van der Waals surface area contributed by atoms with Crippen LogP contribution < -0.4 is 10.6 Å². The van der Waals surface area contributed by atoms with Gasteiger partial charge >= 0.3 is 12.1 Å². The number of carbonyl (C=O) groups is 3. The number of aromatic amines is 1. The van der Waals surface area contributed by atoms with Crippen LogP contribution in [-0.4, -0.2) is 27.9 Å². The molecule has 0 radical (unpaired) electrons. The Labute approximate surface area is 204 Å². The molecule has 36 heavy (non-hydrogen) atoms. The van der Waals surface area contributed by atoms with Crippen LogP contribution in [0, 0.1) is 13.8 Å². The highest BCUT2D eigenvalue weighted by molar-refractivity contribution is 6.35. The van der Waals surface area contributed by atoms with E-state index in [9.17, 15) is 27.6 Å². The summed E-state index contributed by atoms with van der Waals surface area (Å²) < 4.78 is 38.9. The zero-order chi connectivity index (χ0) is 26.2. The van der Waals surface area contributed by atoms with Crippen LogP contribution in [0.3, 0.4) is 0 Å². The topological polar surface area (TPSA) is 111 Å². The number of carbonyl (C=O) groups excluding carboxylic acids is 2. The summed E-state index contributed by atoms with van der Waals surface area (Å²) in [6, 6.07) is 8.83. The van der Waals surface area contributed by atoms with E-state index in [0.29, 0.717) is 34.6 Å². The number of amides is 2. The maximum atomic E-state index is 13.0. The number of hydrogen-bond acceptors (Lipinski definition) is 3. The number of aromatic nitrogens is 1. The van der Waals surface area contributed by atoms with E-state index in [1.54, 1.807) is 18.2 Å². The maximum absolute atomic E-state index is 13.0. The fourth-order valence-electron chi connectivity index (χ4n) is 4.17. The largest absolute Gasteiger partial charge is 0.481 e. The predicted octanol–water partition coefficient (Wildman–Crippen LogP) is 5.41. The fourth-order valence-corrected chi connectivity index (χ4v) is 4.17. The number of hydrogen-bond donors (Lipinski definition) is 4. The number of benzene rings is 2. The minimum absolute atomic E-state index is 0.00609. The summed E-state index contributed by atoms with van der Waals surface area (Å²) in [6.07, 6.45) is -2.52. The summed E-state index contributed by atoms with van der Waals surface area (Å²) in [4.78, 5) is 39.3. The lowest BCUT2D eigenvalue weighted by molar-refractivity contribution is -0.138. The van der Waals surface area contributed by atoms with Gasteiger partial charge in [-0.05, 0) is 67.8 Å². The Hall–Kier alpha value is -4.34. The third-order valence-electron chi connectivity index (χ3n) is 6.02. The van der Waals surface area contributed by atoms with Gasteiger partial charge in [-0.15, -0.1) is 0 Å². The molecule has 186 valence electrons. The highest BCUT2D eigenvalue weighted by Crippen LogP contribution is 2.36. The summed E-state index contributed by atoms with van der Waals surface area (Å²) >= 11 is 0. The number of carboxylic acid groups (broad SMARTS) is 1. The molecule has 2 heterocycles. The quantitative estimate of drug-likeness (QED) is 0.341. The first-order chi connectivity index (χ1) is 16.9. The second-order valence-electron chi connectivity index (χ2n) is 8.47. The summed E-state index contributed by atoms with van der Waals surface area (Å²) in [5.41, 5.74) is 3.91. The second kappa shape index (κ2) is 9.37. The van der Waals surface area contributed by atoms with Crippen LogP contribution in [0.1, 0.15) is 50.4 Å². The number of anilines is 2. The molecule has 0 bridgehead atoms. The summed E-state index contributed by atoms with van der Waals surface area (Å²) in [7, 11) is 0. The van der Waals surface area contributed by atoms with Crippen LogP contribution in [0.2, 0.25) is 0 Å². The van der Waals surface area contributed by atoms with Crippen LogP contribution in [0.25, 0.3) is 11.6 Å². The average molecular weight is 497 g/mol. The van der Waals surface area contributed by atoms with E-state index in [1.165, 1.54) is 12.1 Å². The van der Waals surface area contributed by atoms with Gasteiger partial charge in [0.05, 0.1) is 16.8 Å². The first-order valence-corrected chi connectivity index (χ1v) is 11.0. The lowest BCUT2D eigenvalue weighted by Gasteiger charge is -2.10. The van der Waals surface area contributed by atoms with Gasteiger partial charge in [-0.25, -0.2) is 0 Å². The SMILES string of the molecule is Cc1[nH]c(C=C2C(=O)Nc3cc(NC(=O)c4cccc(C(F)(F)F)c4)ccc32)c(C)c1CCC(=O)O. The third-order valence-corrected chi connectivity index (χ3v) is 6.02. The molecule has 0 saturated heterocycles. The molecule has 0 atom stereocenters. The molecule has 2 amide bonds. The number of halogens is 3. The van der Waals surface area contributed by atoms with E-state index in [0.717, 1.165) is 35.0 Å². The molecule has 1 aliphatic heterocycles. The van der Waals surface area contributed by atoms with E-state index in [1.807, 2.05) is 13.8 Å². The minimum atomic E-state index is -4.57. The van der Waals surface area contributed by atoms with Crippen molar-refractivity contribution in [1.29, 1.82) is 0 Å². The standard InChI is InChI=1S/C26H22F3N3O4/c1-13-18(8-9-23(33)34)14(2)30-21(13)12-20-19-7-6-17(11-22(19)32-25(20)36)31-24(35)15-4-3-5-16(10-15)26(27,28)29/h3-7,10-12,30H,8-9H2,1-2H3,(H,31,35)(H,32,36)(H,33,34). The molecule has 1 aromatic heterocycles. The molecular weight excluding hydrogens is 475 g/mol. The van der Waals surface area contributed by atoms with Gasteiger partial charge < -0.3 is 20.7 Å². The molecule has 0 saturated carbocycles. The maximum Gasteiger partial charge on any atom is 0.416 e. The van der Waals surface area contributed by atoms with Gasteiger partial charge in [-0.2, -0.15) is 13.2 Å². The highest BCUT2D eigenvalue weighted by atomic mass is 19.4. The molecule has 4 N–H and O–H groups in total. The van der Waals surface area contributed by atoms with Gasteiger partial charge in [-0.3, -0.25) is 14.4 Å². The van der Waals surface area contributed by atoms with E-state index in [-0.39, 0.29) is 17.9 Å². The van der Waals surface area contributed by atoms with Crippen molar-refractivity contribution in [3.8, 4) is 0 Å². The summed E-state index contributed by atoms with van der Waals surface area (Å²) in [6.45, 7) is 3.70. The molecule has 2 aromatic carbocycles. The summed E-state index contributed by atoms with van der Waals surface area (Å²) in [5, 5.41) is 14.3. The molecule has 0 unspecified atom stereocenters. The number of carboxylic acids is 1. The molecule has 0 fully saturated rings. The number of alkyl halides is 3. The molecule has 0 spiro atoms. The van der Waals surface area contributed by atoms with E-state index < -0.39 is 23.6 Å². The van der Waals surface area contributed by atoms with Gasteiger partial charge in [-0.1, -0.05) is 12.1 Å². The molecule has 10 heteroatoms. The number of fused-ring (bicyclic) bond motifs is 1. The zero-order valence-electron chi connectivity index (χ0n) is 19.3. The van der Waals surface area contributed by atoms with E-state index in [2.05, 4.69) is 15.6 Å². The van der Waals surface area contributed by atoms with E-state index >= 15 is 0 Å². The first kappa shape index (κ1) is 24.8. The monoisotopic (exact) mass is 497 g/mol. The Bertz CT molecular complexity index is 1420. The average Bonchev–Trinajstić information content (AvgIpc) is 3.26. The van der Waals surface area contributed by atoms with Crippen LogP contribution in [0.4, 0.5) is 24.5 Å². The van der Waals surface area contributed by atoms with Gasteiger partial charge in [0.1, 0.15) is 0 Å². The van der Waals surface area contributed by atoms with Crippen LogP contribution >= 0.6 is 0 Å². The molecule has 4 rings (SSSR count). The number of aliphatic carboxylic acids is 1. The highest BCUT2D eigenvalue weighted by Gasteiger charge is 2.31. The first-order valence-electron chi connectivity index (χ1n) is 11.0. The normalized spacial score (nSPS) is 14.0. The number of H-pyrrole nitrogens is 1. The lowest BCUT2D eigenvalue weighted by Crippen LogP contribution is -2.14. The van der Waals surface area contributed by atoms with Crippen molar-refractivity contribution in [2.24, 2.45) is 0 Å². The molecule has 3 aromatic rings. The van der Waals surface area contributed by atoms with Crippen LogP contribution in [-0.2, 0) is 22.2 Å². The van der Waals surface area contributed by atoms with Gasteiger partial charge in [0.25, 0.3) is 11.8 Å². The van der Waals surface area contributed by atoms with Crippen molar-refractivity contribution < 1.29 is 32.7 Å². The Morgan fingerprint density at radius 1 is 1.11 bits per heavy atom. The van der Waals surface area contributed by atoms with Crippen molar-refractivity contribution in [3.63, 3.8) is 0 Å². The van der Waals surface area contributed by atoms with Gasteiger partial charge in [0.15, 0.2) is 0 Å². The predicted molar refractivity (Wildman–Crippen MR) is 129 cm³/mol. The molecule has 1 aliphatic rings. The van der Waals surface area contributed by atoms with Crippen LogP contribution in [0.15, 0.2) is 42.5 Å². The number of aryl methyl sites for hydroxylation is 1. The van der Waals surface area contributed by atoms with Crippen molar-refractivity contribution in [1.82, 2.24) is 4.98 Å². The number of rotatable bonds is 6. The van der Waals surface area contributed by atoms with Crippen molar-refractivity contribution in [2.45, 2.75) is 32.9 Å². The minimum Gasteiger partial charge on any atom is -0.481 e. The van der Waals surface area contributed by atoms with Crippen molar-refractivity contribution in [3.05, 3.63) is 81.7 Å². The van der Waals surface area contributed by atoms with Crippen molar-refractivity contribution in [2.75, 3.05) is 10.6 Å². The van der Waals surface area contributed by atoms with Crippen LogP contribution in [0.5, 0.6) is 0 Å². The Kier molecular flexibility index (Phi) is 6.45. The Morgan fingerprint density at radius 2 is 1.86 bits per heavy atom. The van der Waals surface area contributed by atoms with E-state index in [4.69, 9.17) is 5.11 Å². The molecule has 0 aliphatic carbocycles. The second-order valence-corrected chi connectivity index (χ2v) is 8.47. The fraction of sp³-hybridized carbons (Fsp3) is 0.192. The summed E-state index contributed by atoms with van der Waals surface area (Å²) in [5.74, 6) is -1.97. The third kappa shape index (κ3) is 5.02. The zero-order valence-corrected chi connectivity index (χ0v) is 19.3. The molecular formula is C26H22F3N3O4. The Balaban J connectivity index is 1.57. The smallest absolute Gasteiger partial charge is 0.416 e. The Morgan fingerprint density at radius 3 is 2.56 bits per heavy atom.